The highest BCUT2D eigenvalue weighted by atomic mass is 16.6. The van der Waals surface area contributed by atoms with Gasteiger partial charge in [0, 0.05) is 25.2 Å². The number of carbonyl (C=O) groups excluding carboxylic acids is 1. The van der Waals surface area contributed by atoms with E-state index in [1.54, 1.807) is 0 Å². The Balaban J connectivity index is 2.43. The lowest BCUT2D eigenvalue weighted by Crippen LogP contribution is -2.43. The summed E-state index contributed by atoms with van der Waals surface area (Å²) in [6.45, 7) is 14.0. The van der Waals surface area contributed by atoms with E-state index in [4.69, 9.17) is 4.74 Å². The molecule has 0 aromatic heterocycles. The first-order chi connectivity index (χ1) is 8.73. The second-order valence-electron chi connectivity index (χ2n) is 6.84. The van der Waals surface area contributed by atoms with Gasteiger partial charge in [0.1, 0.15) is 5.60 Å². The monoisotopic (exact) mass is 270 g/mol. The molecule has 0 spiro atoms. The molecule has 0 saturated carbocycles. The first-order valence-electron chi connectivity index (χ1n) is 7.47. The van der Waals surface area contributed by atoms with Gasteiger partial charge in [0.2, 0.25) is 0 Å². The van der Waals surface area contributed by atoms with Gasteiger partial charge in [-0.1, -0.05) is 20.8 Å². The second-order valence-corrected chi connectivity index (χ2v) is 6.84. The molecule has 4 heteroatoms. The predicted octanol–water partition coefficient (Wildman–Crippen LogP) is 3.02. The van der Waals surface area contributed by atoms with Crippen molar-refractivity contribution in [1.82, 2.24) is 10.2 Å². The summed E-state index contributed by atoms with van der Waals surface area (Å²) in [6, 6.07) is 0.934. The Labute approximate surface area is 117 Å². The molecule has 1 aliphatic heterocycles. The minimum Gasteiger partial charge on any atom is -0.444 e. The summed E-state index contributed by atoms with van der Waals surface area (Å²) >= 11 is 0. The van der Waals surface area contributed by atoms with Gasteiger partial charge in [0.05, 0.1) is 0 Å². The van der Waals surface area contributed by atoms with Crippen molar-refractivity contribution in [2.24, 2.45) is 5.92 Å². The van der Waals surface area contributed by atoms with Crippen LogP contribution in [0.2, 0.25) is 0 Å². The average molecular weight is 270 g/mol. The Morgan fingerprint density at radius 2 is 2.05 bits per heavy atom. The highest BCUT2D eigenvalue weighted by molar-refractivity contribution is 5.68. The first-order valence-corrected chi connectivity index (χ1v) is 7.47. The molecule has 4 nitrogen and oxygen atoms in total. The molecule has 1 N–H and O–H groups in total. The van der Waals surface area contributed by atoms with E-state index in [0.717, 1.165) is 25.9 Å². The summed E-state index contributed by atoms with van der Waals surface area (Å²) in [5, 5.41) is 3.66. The van der Waals surface area contributed by atoms with E-state index in [9.17, 15) is 4.79 Å². The molecule has 1 saturated heterocycles. The summed E-state index contributed by atoms with van der Waals surface area (Å²) in [6.07, 6.45) is 1.96. The van der Waals surface area contributed by atoms with Crippen LogP contribution in [0.15, 0.2) is 0 Å². The lowest BCUT2D eigenvalue weighted by atomic mass is 10.0. The third kappa shape index (κ3) is 5.39. The maximum Gasteiger partial charge on any atom is 0.410 e. The van der Waals surface area contributed by atoms with Gasteiger partial charge in [-0.25, -0.2) is 4.79 Å². The summed E-state index contributed by atoms with van der Waals surface area (Å²) in [4.78, 5) is 13.8. The van der Waals surface area contributed by atoms with Crippen LogP contribution in [-0.2, 0) is 4.74 Å². The van der Waals surface area contributed by atoms with Crippen LogP contribution in [-0.4, -0.2) is 41.8 Å². The fourth-order valence-electron chi connectivity index (χ4n) is 2.47. The van der Waals surface area contributed by atoms with Crippen LogP contribution in [0.3, 0.4) is 0 Å². The van der Waals surface area contributed by atoms with E-state index in [-0.39, 0.29) is 6.09 Å². The Morgan fingerprint density at radius 1 is 1.42 bits per heavy atom. The quantitative estimate of drug-likeness (QED) is 0.854. The van der Waals surface area contributed by atoms with Crippen LogP contribution in [0.5, 0.6) is 0 Å². The van der Waals surface area contributed by atoms with Gasteiger partial charge < -0.3 is 15.0 Å². The zero-order valence-electron chi connectivity index (χ0n) is 13.3. The van der Waals surface area contributed by atoms with Crippen LogP contribution in [0.25, 0.3) is 0 Å². The number of carbonyl (C=O) groups is 1. The smallest absolute Gasteiger partial charge is 0.410 e. The van der Waals surface area contributed by atoms with Crippen LogP contribution in [0.1, 0.15) is 54.4 Å². The van der Waals surface area contributed by atoms with Crippen molar-refractivity contribution in [2.75, 3.05) is 13.1 Å². The maximum atomic E-state index is 12.0. The molecule has 0 aromatic rings. The third-order valence-electron chi connectivity index (χ3n) is 3.53. The van der Waals surface area contributed by atoms with Gasteiger partial charge in [0.25, 0.3) is 0 Å². The highest BCUT2D eigenvalue weighted by Crippen LogP contribution is 2.17. The van der Waals surface area contributed by atoms with Crippen molar-refractivity contribution in [3.05, 3.63) is 0 Å². The molecule has 1 fully saturated rings. The molecule has 1 amide bonds. The minimum absolute atomic E-state index is 0.186. The molecule has 0 aromatic carbocycles. The van der Waals surface area contributed by atoms with E-state index in [1.807, 2.05) is 25.7 Å². The molecule has 0 bridgehead atoms. The Morgan fingerprint density at radius 3 is 2.53 bits per heavy atom. The molecule has 1 aliphatic rings. The van der Waals surface area contributed by atoms with Gasteiger partial charge >= 0.3 is 6.09 Å². The summed E-state index contributed by atoms with van der Waals surface area (Å²) < 4.78 is 5.41. The fraction of sp³-hybridized carbons (Fsp3) is 0.933. The Kier molecular flexibility index (Phi) is 5.65. The van der Waals surface area contributed by atoms with Crippen LogP contribution >= 0.6 is 0 Å². The van der Waals surface area contributed by atoms with Gasteiger partial charge in [-0.2, -0.15) is 0 Å². The molecule has 1 rings (SSSR count). The number of nitrogens with one attached hydrogen (secondary N) is 1. The molecule has 1 heterocycles. The lowest BCUT2D eigenvalue weighted by Gasteiger charge is -2.26. The van der Waals surface area contributed by atoms with Crippen LogP contribution in [0.4, 0.5) is 4.79 Å². The summed E-state index contributed by atoms with van der Waals surface area (Å²) in [7, 11) is 0. The van der Waals surface area contributed by atoms with E-state index < -0.39 is 5.60 Å². The molecule has 2 atom stereocenters. The normalized spacial score (nSPS) is 21.8. The number of ether oxygens (including phenoxy) is 1. The first kappa shape index (κ1) is 16.3. The maximum absolute atomic E-state index is 12.0. The lowest BCUT2D eigenvalue weighted by molar-refractivity contribution is 0.0290. The van der Waals surface area contributed by atoms with Gasteiger partial charge in [-0.15, -0.1) is 0 Å². The number of likely N-dealkylation sites (tertiary alicyclic amines) is 1. The summed E-state index contributed by atoms with van der Waals surface area (Å²) in [5.74, 6) is 0.626. The number of hydrogen-bond donors (Lipinski definition) is 1. The van der Waals surface area contributed by atoms with Gasteiger partial charge in [0.15, 0.2) is 0 Å². The Bertz CT molecular complexity index is 297. The molecular formula is C15H30N2O2. The minimum atomic E-state index is -0.410. The standard InChI is InChI=1S/C15H30N2O2/c1-7-13(11(2)3)16-12-8-9-17(10-12)14(18)19-15(4,5)6/h11-13,16H,7-10H2,1-6H3. The predicted molar refractivity (Wildman–Crippen MR) is 78.3 cm³/mol. The van der Waals surface area contributed by atoms with Crippen LogP contribution in [0, 0.1) is 5.92 Å². The number of hydrogen-bond acceptors (Lipinski definition) is 3. The number of amides is 1. The SMILES string of the molecule is CCC(NC1CCN(C(=O)OC(C)(C)C)C1)C(C)C. The molecule has 0 radical (unpaired) electrons. The van der Waals surface area contributed by atoms with Crippen LogP contribution < -0.4 is 5.32 Å². The molecule has 19 heavy (non-hydrogen) atoms. The topological polar surface area (TPSA) is 41.6 Å². The van der Waals surface area contributed by atoms with Crippen molar-refractivity contribution in [3.63, 3.8) is 0 Å². The van der Waals surface area contributed by atoms with Crippen molar-refractivity contribution in [2.45, 2.75) is 72.1 Å². The Hall–Kier alpha value is -0.770. The van der Waals surface area contributed by atoms with E-state index >= 15 is 0 Å². The average Bonchev–Trinajstić information content (AvgIpc) is 2.71. The molecule has 112 valence electrons. The van der Waals surface area contributed by atoms with Gasteiger partial charge in [-0.3, -0.25) is 0 Å². The molecule has 2 unspecified atom stereocenters. The summed E-state index contributed by atoms with van der Waals surface area (Å²) in [5.41, 5.74) is -0.410. The van der Waals surface area contributed by atoms with E-state index in [0.29, 0.717) is 18.0 Å². The zero-order chi connectivity index (χ0) is 14.6. The number of rotatable bonds is 4. The number of nitrogens with zero attached hydrogens (tertiary/aromatic N) is 1. The van der Waals surface area contributed by atoms with Crippen molar-refractivity contribution in [1.29, 1.82) is 0 Å². The van der Waals surface area contributed by atoms with Gasteiger partial charge in [-0.05, 0) is 39.5 Å². The fourth-order valence-corrected chi connectivity index (χ4v) is 2.47. The zero-order valence-corrected chi connectivity index (χ0v) is 13.3. The molecular weight excluding hydrogens is 240 g/mol. The second kappa shape index (κ2) is 6.60. The largest absolute Gasteiger partial charge is 0.444 e. The third-order valence-corrected chi connectivity index (χ3v) is 3.53. The highest BCUT2D eigenvalue weighted by Gasteiger charge is 2.30. The van der Waals surface area contributed by atoms with Crippen molar-refractivity contribution in [3.8, 4) is 0 Å². The van der Waals surface area contributed by atoms with E-state index in [1.165, 1.54) is 0 Å². The molecule has 0 aliphatic carbocycles. The van der Waals surface area contributed by atoms with Crippen molar-refractivity contribution < 1.29 is 9.53 Å². The van der Waals surface area contributed by atoms with Crippen molar-refractivity contribution >= 4 is 6.09 Å². The van der Waals surface area contributed by atoms with E-state index in [2.05, 4.69) is 26.1 Å².